The van der Waals surface area contributed by atoms with E-state index in [1.165, 1.54) is 0 Å². The number of piperazine rings is 1. The Morgan fingerprint density at radius 3 is 2.81 bits per heavy atom. The molecule has 0 N–H and O–H groups in total. The van der Waals surface area contributed by atoms with Crippen LogP contribution in [0.25, 0.3) is 17.3 Å². The van der Waals surface area contributed by atoms with Crippen molar-refractivity contribution in [1.29, 1.82) is 0 Å². The number of hydrogen-bond donors (Lipinski definition) is 0. The fourth-order valence-electron chi connectivity index (χ4n) is 4.06. The molecule has 5 nitrogen and oxygen atoms in total. The predicted octanol–water partition coefficient (Wildman–Crippen LogP) is 3.65. The van der Waals surface area contributed by atoms with Crippen LogP contribution < -0.4 is 9.80 Å². The van der Waals surface area contributed by atoms with Crippen LogP contribution in [0.3, 0.4) is 0 Å². The van der Waals surface area contributed by atoms with E-state index >= 15 is 0 Å². The van der Waals surface area contributed by atoms with Crippen LogP contribution >= 0.6 is 0 Å². The van der Waals surface area contributed by atoms with E-state index in [9.17, 15) is 0 Å². The Bertz CT molecular complexity index is 888. The molecule has 0 saturated carbocycles. The summed E-state index contributed by atoms with van der Waals surface area (Å²) in [7, 11) is 2.09. The number of nitrogens with zero attached hydrogens (tertiary/aromatic N) is 5. The third-order valence-corrected chi connectivity index (χ3v) is 5.77. The fraction of sp³-hybridized carbons (Fsp3) is 0.364. The van der Waals surface area contributed by atoms with Crippen molar-refractivity contribution < 1.29 is 0 Å². The largest absolute Gasteiger partial charge is 0.344 e. The van der Waals surface area contributed by atoms with E-state index in [0.717, 1.165) is 53.7 Å². The third-order valence-electron chi connectivity index (χ3n) is 5.77. The Labute approximate surface area is 161 Å². The first-order chi connectivity index (χ1) is 13.0. The van der Waals surface area contributed by atoms with Crippen molar-refractivity contribution in [3.63, 3.8) is 0 Å². The number of hydrogen-bond acceptors (Lipinski definition) is 5. The maximum absolute atomic E-state index is 4.86. The van der Waals surface area contributed by atoms with Gasteiger partial charge in [0.2, 0.25) is 0 Å². The van der Waals surface area contributed by atoms with Crippen LogP contribution in [0.5, 0.6) is 0 Å². The van der Waals surface area contributed by atoms with Gasteiger partial charge in [0.05, 0.1) is 17.4 Å². The van der Waals surface area contributed by atoms with Gasteiger partial charge >= 0.3 is 0 Å². The van der Waals surface area contributed by atoms with E-state index < -0.39 is 0 Å². The van der Waals surface area contributed by atoms with Gasteiger partial charge in [-0.3, -0.25) is 9.88 Å². The number of anilines is 2. The van der Waals surface area contributed by atoms with Gasteiger partial charge < -0.3 is 9.80 Å². The number of fused-ring (bicyclic) bond motifs is 3. The van der Waals surface area contributed by atoms with E-state index in [2.05, 4.69) is 59.8 Å². The summed E-state index contributed by atoms with van der Waals surface area (Å²) in [6.07, 6.45) is 5.58. The van der Waals surface area contributed by atoms with Crippen LogP contribution in [0.1, 0.15) is 19.4 Å². The molecule has 0 amide bonds. The summed E-state index contributed by atoms with van der Waals surface area (Å²) in [5.41, 5.74) is 5.14. The molecule has 2 aliphatic heterocycles. The number of aromatic nitrogens is 2. The molecule has 1 fully saturated rings. The quantitative estimate of drug-likeness (QED) is 0.834. The SMILES string of the molecule is C=Cc1cccnc1-c1cnc2c(c1)N(C)C(=C)[C@@H]1CN(C(C)C)CCN21. The van der Waals surface area contributed by atoms with Crippen LogP contribution in [-0.2, 0) is 0 Å². The summed E-state index contributed by atoms with van der Waals surface area (Å²) in [5, 5.41) is 0. The Balaban J connectivity index is 1.75. The molecule has 1 saturated heterocycles. The predicted molar refractivity (Wildman–Crippen MR) is 113 cm³/mol. The molecule has 1 atom stereocenters. The fourth-order valence-corrected chi connectivity index (χ4v) is 4.06. The second-order valence-corrected chi connectivity index (χ2v) is 7.56. The van der Waals surface area contributed by atoms with Crippen molar-refractivity contribution in [2.75, 3.05) is 36.5 Å². The standard InChI is InChI=1S/C22H27N5/c1-6-17-8-7-9-23-21(17)18-12-19-22(24-13-18)27-11-10-26(15(2)3)14-20(27)16(4)25(19)5/h6-9,12-13,15,20H,1,4,10-11,14H2,2-3,5H3/t20-/m0/s1. The average Bonchev–Trinajstić information content (AvgIpc) is 2.71. The Morgan fingerprint density at radius 2 is 2.07 bits per heavy atom. The molecule has 2 aromatic heterocycles. The molecule has 4 heterocycles. The van der Waals surface area contributed by atoms with Crippen LogP contribution in [0.2, 0.25) is 0 Å². The summed E-state index contributed by atoms with van der Waals surface area (Å²) >= 11 is 0. The first-order valence-corrected chi connectivity index (χ1v) is 9.52. The number of pyridine rings is 2. The van der Waals surface area contributed by atoms with Crippen molar-refractivity contribution in [1.82, 2.24) is 14.9 Å². The minimum Gasteiger partial charge on any atom is -0.344 e. The maximum atomic E-state index is 4.86. The van der Waals surface area contributed by atoms with Crippen molar-refractivity contribution >= 4 is 17.6 Å². The molecule has 2 aliphatic rings. The van der Waals surface area contributed by atoms with Crippen molar-refractivity contribution in [3.05, 3.63) is 55.0 Å². The summed E-state index contributed by atoms with van der Waals surface area (Å²) in [5.74, 6) is 1.04. The van der Waals surface area contributed by atoms with Gasteiger partial charge in [-0.15, -0.1) is 0 Å². The monoisotopic (exact) mass is 361 g/mol. The van der Waals surface area contributed by atoms with Gasteiger partial charge in [-0.1, -0.05) is 25.3 Å². The topological polar surface area (TPSA) is 35.5 Å². The zero-order valence-electron chi connectivity index (χ0n) is 16.4. The highest BCUT2D eigenvalue weighted by molar-refractivity contribution is 5.81. The van der Waals surface area contributed by atoms with Crippen LogP contribution in [0.15, 0.2) is 49.4 Å². The highest BCUT2D eigenvalue weighted by Crippen LogP contribution is 2.40. The Morgan fingerprint density at radius 1 is 1.26 bits per heavy atom. The molecule has 2 aromatic rings. The molecule has 0 aromatic carbocycles. The lowest BCUT2D eigenvalue weighted by Gasteiger charge is -2.50. The third kappa shape index (κ3) is 2.92. The molecular formula is C22H27N5. The second-order valence-electron chi connectivity index (χ2n) is 7.56. The lowest BCUT2D eigenvalue weighted by molar-refractivity contribution is 0.187. The highest BCUT2D eigenvalue weighted by Gasteiger charge is 2.38. The van der Waals surface area contributed by atoms with Crippen molar-refractivity contribution in [3.8, 4) is 11.3 Å². The first kappa shape index (κ1) is 17.7. The molecule has 0 radical (unpaired) electrons. The smallest absolute Gasteiger partial charge is 0.153 e. The Kier molecular flexibility index (Phi) is 4.48. The molecule has 0 bridgehead atoms. The lowest BCUT2D eigenvalue weighted by Crippen LogP contribution is -2.59. The average molecular weight is 361 g/mol. The minimum atomic E-state index is 0.274. The Hall–Kier alpha value is -2.66. The minimum absolute atomic E-state index is 0.274. The van der Waals surface area contributed by atoms with Gasteiger partial charge in [-0.25, -0.2) is 4.98 Å². The van der Waals surface area contributed by atoms with Gasteiger partial charge in [0.15, 0.2) is 5.82 Å². The summed E-state index contributed by atoms with van der Waals surface area (Å²) < 4.78 is 0. The number of likely N-dealkylation sites (N-methyl/N-ethyl adjacent to an activating group) is 1. The molecule has 4 rings (SSSR count). The van der Waals surface area contributed by atoms with E-state index in [-0.39, 0.29) is 6.04 Å². The summed E-state index contributed by atoms with van der Waals surface area (Å²) in [6, 6.07) is 6.95. The van der Waals surface area contributed by atoms with Gasteiger partial charge in [0, 0.05) is 61.9 Å². The van der Waals surface area contributed by atoms with Crippen LogP contribution in [0.4, 0.5) is 11.5 Å². The zero-order valence-corrected chi connectivity index (χ0v) is 16.4. The molecule has 0 aliphatic carbocycles. The maximum Gasteiger partial charge on any atom is 0.153 e. The normalized spacial score (nSPS) is 19.9. The molecule has 0 spiro atoms. The zero-order chi connectivity index (χ0) is 19.1. The summed E-state index contributed by atoms with van der Waals surface area (Å²) in [6.45, 7) is 15.8. The van der Waals surface area contributed by atoms with E-state index in [4.69, 9.17) is 4.98 Å². The highest BCUT2D eigenvalue weighted by atomic mass is 15.4. The summed E-state index contributed by atoms with van der Waals surface area (Å²) in [4.78, 5) is 16.5. The van der Waals surface area contributed by atoms with Crippen LogP contribution in [0, 0.1) is 0 Å². The molecule has 27 heavy (non-hydrogen) atoms. The van der Waals surface area contributed by atoms with Crippen molar-refractivity contribution in [2.45, 2.75) is 25.9 Å². The lowest BCUT2D eigenvalue weighted by atomic mass is 10.0. The van der Waals surface area contributed by atoms with Gasteiger partial charge in [0.1, 0.15) is 0 Å². The second kappa shape index (κ2) is 6.82. The van der Waals surface area contributed by atoms with Gasteiger partial charge in [-0.2, -0.15) is 0 Å². The van der Waals surface area contributed by atoms with Crippen molar-refractivity contribution in [2.24, 2.45) is 0 Å². The first-order valence-electron chi connectivity index (χ1n) is 9.52. The van der Waals surface area contributed by atoms with Gasteiger partial charge in [-0.05, 0) is 26.0 Å². The molecule has 140 valence electrons. The molecular weight excluding hydrogens is 334 g/mol. The molecule has 5 heteroatoms. The van der Waals surface area contributed by atoms with E-state index in [0.29, 0.717) is 6.04 Å². The van der Waals surface area contributed by atoms with Crippen LogP contribution in [-0.4, -0.2) is 53.6 Å². The van der Waals surface area contributed by atoms with E-state index in [1.54, 1.807) is 0 Å². The van der Waals surface area contributed by atoms with Gasteiger partial charge in [0.25, 0.3) is 0 Å². The number of rotatable bonds is 3. The molecule has 0 unspecified atom stereocenters. The van der Waals surface area contributed by atoms with E-state index in [1.807, 2.05) is 30.6 Å².